The summed E-state index contributed by atoms with van der Waals surface area (Å²) < 4.78 is 70.0. The monoisotopic (exact) mass is 752 g/mol. The van der Waals surface area contributed by atoms with Crippen molar-refractivity contribution in [3.8, 4) is 0 Å². The predicted molar refractivity (Wildman–Crippen MR) is 188 cm³/mol. The van der Waals surface area contributed by atoms with E-state index in [1.165, 1.54) is 62.6 Å². The van der Waals surface area contributed by atoms with Crippen molar-refractivity contribution in [2.24, 2.45) is 0 Å². The van der Waals surface area contributed by atoms with E-state index < -0.39 is 38.9 Å². The van der Waals surface area contributed by atoms with Crippen LogP contribution in [0.4, 0.5) is 34.1 Å². The Kier molecular flexibility index (Phi) is 17.5. The summed E-state index contributed by atoms with van der Waals surface area (Å²) in [6.07, 6.45) is 0. The van der Waals surface area contributed by atoms with Crippen LogP contribution in [0.15, 0.2) is 72.8 Å². The van der Waals surface area contributed by atoms with Crippen molar-refractivity contribution in [1.82, 2.24) is 9.44 Å². The number of hydrogen-bond acceptors (Lipinski definition) is 14. The first-order valence-electron chi connectivity index (χ1n) is 13.7. The van der Waals surface area contributed by atoms with Crippen LogP contribution < -0.4 is 31.1 Å². The average molecular weight is 753 g/mol. The molecule has 0 amide bonds. The summed E-state index contributed by atoms with van der Waals surface area (Å²) in [7, 11) is -2.12. The quantitative estimate of drug-likeness (QED) is 0.0531. The number of halogens is 1. The van der Waals surface area contributed by atoms with Crippen LogP contribution >= 0.6 is 10.7 Å². The molecule has 0 saturated carbocycles. The maximum Gasteiger partial charge on any atom is 0.269 e. The molecule has 0 aliphatic rings. The normalized spacial score (nSPS) is 11.1. The summed E-state index contributed by atoms with van der Waals surface area (Å²) in [5.74, 6) is -0.208. The Morgan fingerprint density at radius 2 is 0.875 bits per heavy atom. The van der Waals surface area contributed by atoms with E-state index in [9.17, 15) is 45.5 Å². The highest BCUT2D eigenvalue weighted by Gasteiger charge is 2.08. The van der Waals surface area contributed by atoms with Gasteiger partial charge in [-0.3, -0.25) is 20.2 Å². The molecule has 48 heavy (non-hydrogen) atoms. The third-order valence-corrected chi connectivity index (χ3v) is 9.65. The lowest BCUT2D eigenvalue weighted by Gasteiger charge is -2.06. The van der Waals surface area contributed by atoms with Crippen molar-refractivity contribution in [2.45, 2.75) is 0 Å². The maximum atomic E-state index is 11.1. The highest BCUT2D eigenvalue weighted by atomic mass is 35.7. The molecule has 0 bridgehead atoms. The van der Waals surface area contributed by atoms with Gasteiger partial charge in [-0.2, -0.15) is 0 Å². The second-order valence-electron chi connectivity index (χ2n) is 9.30. The molecule has 0 radical (unpaired) electrons. The van der Waals surface area contributed by atoms with Crippen molar-refractivity contribution in [3.63, 3.8) is 0 Å². The second kappa shape index (κ2) is 20.2. The van der Waals surface area contributed by atoms with Gasteiger partial charge in [-0.05, 0) is 62.6 Å². The fourth-order valence-corrected chi connectivity index (χ4v) is 4.91. The lowest BCUT2D eigenvalue weighted by Crippen LogP contribution is -2.26. The molecule has 0 saturated heterocycles. The zero-order valence-electron chi connectivity index (χ0n) is 25.8. The molecule has 0 aromatic heterocycles. The van der Waals surface area contributed by atoms with Gasteiger partial charge in [0.25, 0.3) is 11.4 Å². The molecule has 0 heterocycles. The largest absolute Gasteiger partial charge is 0.399 e. The van der Waals surface area contributed by atoms with Crippen LogP contribution in [-0.2, 0) is 29.1 Å². The smallest absolute Gasteiger partial charge is 0.269 e. The number of hydrogen-bond donors (Lipinski definition) is 6. The Hall–Kier alpha value is -4.28. The molecule has 22 heteroatoms. The van der Waals surface area contributed by atoms with Crippen LogP contribution in [-0.4, -0.2) is 86.1 Å². The van der Waals surface area contributed by atoms with Gasteiger partial charge in [0, 0.05) is 77.3 Å². The van der Waals surface area contributed by atoms with E-state index >= 15 is 0 Å². The molecule has 0 atom stereocenters. The molecule has 3 rings (SSSR count). The third-order valence-electron chi connectivity index (χ3n) is 5.76. The van der Waals surface area contributed by atoms with E-state index in [-0.39, 0.29) is 41.7 Å². The van der Waals surface area contributed by atoms with Gasteiger partial charge in [0.2, 0.25) is 29.1 Å². The molecule has 266 valence electrons. The van der Waals surface area contributed by atoms with Crippen LogP contribution in [0.5, 0.6) is 0 Å². The first kappa shape index (κ1) is 41.7. The van der Waals surface area contributed by atoms with Crippen LogP contribution in [0.3, 0.4) is 0 Å². The van der Waals surface area contributed by atoms with Crippen LogP contribution in [0.1, 0.15) is 0 Å². The van der Waals surface area contributed by atoms with E-state index in [1.54, 1.807) is 24.3 Å². The Labute approximate surface area is 283 Å². The van der Waals surface area contributed by atoms with E-state index in [0.717, 1.165) is 5.69 Å². The highest BCUT2D eigenvalue weighted by Crippen LogP contribution is 2.16. The number of rotatable bonds is 16. The number of benzene rings is 3. The third kappa shape index (κ3) is 18.8. The minimum Gasteiger partial charge on any atom is -0.399 e. The summed E-state index contributed by atoms with van der Waals surface area (Å²) in [4.78, 5) is 19.7. The Bertz CT molecular complexity index is 1780. The van der Waals surface area contributed by atoms with Crippen LogP contribution in [0.2, 0.25) is 0 Å². The summed E-state index contributed by atoms with van der Waals surface area (Å²) >= 11 is 0. The van der Waals surface area contributed by atoms with Gasteiger partial charge in [0.05, 0.1) is 27.1 Å². The van der Waals surface area contributed by atoms with Gasteiger partial charge in [-0.1, -0.05) is 0 Å². The SMILES string of the molecule is CNS(=O)(=O)CCNc1ccc(N)cc1.CNS(=O)(=O)CCNc1ccc([N+](=O)[O-])cc1.O=[N+]([O-])c1ccc(NCCS(=O)(=O)Cl)cc1. The molecule has 3 aromatic carbocycles. The molecule has 0 fully saturated rings. The Balaban J connectivity index is 0.000000361. The molecule has 3 aromatic rings. The fraction of sp³-hybridized carbons (Fsp3) is 0.308. The number of sulfonamides is 2. The van der Waals surface area contributed by atoms with Gasteiger partial charge in [0.1, 0.15) is 0 Å². The standard InChI is InChI=1S/C9H13N3O4S.C9H15N3O2S.C8H9ClN2O4S/c1-10-17(15,16)7-6-11-8-2-4-9(5-3-8)12(13)14;1-11-15(13,14)7-6-12-9-4-2-8(10)3-5-9;9-16(14,15)6-5-10-7-1-3-8(4-2-7)11(12)13/h2-5,10-11H,6-7H2,1H3;2-5,11-12H,6-7,10H2,1H3;1-4,10H,5-6H2. The number of nitro benzene ring substituents is 2. The molecular formula is C26H37ClN8O10S3. The van der Waals surface area contributed by atoms with Crippen LogP contribution in [0.25, 0.3) is 0 Å². The fourth-order valence-electron chi connectivity index (χ4n) is 3.18. The number of nitro groups is 2. The van der Waals surface area contributed by atoms with E-state index in [4.69, 9.17) is 16.4 Å². The molecule has 0 unspecified atom stereocenters. The van der Waals surface area contributed by atoms with Crippen LogP contribution in [0, 0.1) is 20.2 Å². The maximum absolute atomic E-state index is 11.1. The van der Waals surface area contributed by atoms with E-state index in [0.29, 0.717) is 23.6 Å². The molecule has 18 nitrogen and oxygen atoms in total. The summed E-state index contributed by atoms with van der Waals surface area (Å²) in [6.45, 7) is 0.762. The second-order valence-corrected chi connectivity index (χ2v) is 16.3. The number of anilines is 4. The number of non-ortho nitro benzene ring substituents is 2. The summed E-state index contributed by atoms with van der Waals surface area (Å²) in [6, 6.07) is 18.6. The topological polar surface area (TPSA) is 275 Å². The van der Waals surface area contributed by atoms with Crippen molar-refractivity contribution in [2.75, 3.05) is 72.7 Å². The molecule has 0 aliphatic carbocycles. The zero-order valence-corrected chi connectivity index (χ0v) is 29.0. The lowest BCUT2D eigenvalue weighted by atomic mass is 10.3. The minimum atomic E-state index is -3.51. The molecule has 7 N–H and O–H groups in total. The lowest BCUT2D eigenvalue weighted by molar-refractivity contribution is -0.385. The van der Waals surface area contributed by atoms with Gasteiger partial charge < -0.3 is 21.7 Å². The first-order chi connectivity index (χ1) is 22.4. The van der Waals surface area contributed by atoms with Crippen molar-refractivity contribution >= 4 is 73.9 Å². The van der Waals surface area contributed by atoms with Crippen molar-refractivity contribution in [1.29, 1.82) is 0 Å². The first-order valence-corrected chi connectivity index (χ1v) is 19.5. The number of nitrogen functional groups attached to an aromatic ring is 1. The zero-order chi connectivity index (χ0) is 36.4. The van der Waals surface area contributed by atoms with Gasteiger partial charge in [-0.15, -0.1) is 0 Å². The Morgan fingerprint density at radius 3 is 1.15 bits per heavy atom. The summed E-state index contributed by atoms with van der Waals surface area (Å²) in [5.41, 5.74) is 8.28. The minimum absolute atomic E-state index is 0.00148. The van der Waals surface area contributed by atoms with Crippen molar-refractivity contribution < 1.29 is 35.1 Å². The number of nitrogens with one attached hydrogen (secondary N) is 5. The predicted octanol–water partition coefficient (Wildman–Crippen LogP) is 2.36. The molecule has 0 aliphatic heterocycles. The van der Waals surface area contributed by atoms with Crippen molar-refractivity contribution in [3.05, 3.63) is 93.0 Å². The Morgan fingerprint density at radius 1 is 0.583 bits per heavy atom. The highest BCUT2D eigenvalue weighted by molar-refractivity contribution is 8.13. The average Bonchev–Trinajstić information content (AvgIpc) is 3.02. The molecular weight excluding hydrogens is 716 g/mol. The van der Waals surface area contributed by atoms with Gasteiger partial charge >= 0.3 is 0 Å². The number of nitrogens with zero attached hydrogens (tertiary/aromatic N) is 2. The van der Waals surface area contributed by atoms with E-state index in [1.807, 2.05) is 0 Å². The number of nitrogens with two attached hydrogens (primary N) is 1. The van der Waals surface area contributed by atoms with Gasteiger partial charge in [-0.25, -0.2) is 34.7 Å². The van der Waals surface area contributed by atoms with Gasteiger partial charge in [0.15, 0.2) is 0 Å². The molecule has 0 spiro atoms. The summed E-state index contributed by atoms with van der Waals surface area (Å²) in [5, 5.41) is 29.4. The van der Waals surface area contributed by atoms with E-state index in [2.05, 4.69) is 25.4 Å².